The van der Waals surface area contributed by atoms with Gasteiger partial charge in [-0.2, -0.15) is 0 Å². The molecule has 0 N–H and O–H groups in total. The summed E-state index contributed by atoms with van der Waals surface area (Å²) >= 11 is 0. The van der Waals surface area contributed by atoms with Gasteiger partial charge in [0, 0.05) is 38.4 Å². The van der Waals surface area contributed by atoms with Gasteiger partial charge >= 0.3 is 0 Å². The number of rotatable bonds is 5. The number of allylic oxidation sites excluding steroid dienone is 2. The van der Waals surface area contributed by atoms with Crippen LogP contribution in [-0.4, -0.2) is 60.9 Å². The highest BCUT2D eigenvalue weighted by Crippen LogP contribution is 2.35. The normalized spacial score (nSPS) is 25.5. The Hall–Kier alpha value is -1.85. The molecule has 6 heteroatoms. The molecule has 0 radical (unpaired) electrons. The van der Waals surface area contributed by atoms with Gasteiger partial charge in [0.05, 0.1) is 11.8 Å². The summed E-state index contributed by atoms with van der Waals surface area (Å²) in [5.74, 6) is -0.0830. The number of carbonyl (C=O) groups is 2. The molecule has 0 spiro atoms. The Morgan fingerprint density at radius 3 is 2.00 bits per heavy atom. The van der Waals surface area contributed by atoms with Gasteiger partial charge in [0.25, 0.3) is 0 Å². The van der Waals surface area contributed by atoms with Crippen LogP contribution >= 0.6 is 12.4 Å². The molecule has 2 atom stereocenters. The molecule has 4 rings (SSSR count). The Morgan fingerprint density at radius 1 is 0.815 bits per heavy atom. The van der Waals surface area contributed by atoms with E-state index < -0.39 is 0 Å². The predicted molar refractivity (Wildman–Crippen MR) is 109 cm³/mol. The van der Waals surface area contributed by atoms with E-state index in [4.69, 9.17) is 0 Å². The number of halogens is 1. The summed E-state index contributed by atoms with van der Waals surface area (Å²) in [4.78, 5) is 31.4. The molecule has 2 fully saturated rings. The molecule has 2 heterocycles. The zero-order valence-electron chi connectivity index (χ0n) is 15.6. The van der Waals surface area contributed by atoms with Crippen LogP contribution in [0.1, 0.15) is 19.3 Å². The zero-order valence-corrected chi connectivity index (χ0v) is 16.4. The van der Waals surface area contributed by atoms with Crippen molar-refractivity contribution in [1.82, 2.24) is 9.80 Å². The average molecular weight is 390 g/mol. The summed E-state index contributed by atoms with van der Waals surface area (Å²) in [5.41, 5.74) is 1.29. The van der Waals surface area contributed by atoms with Crippen molar-refractivity contribution in [3.8, 4) is 0 Å². The third-order valence-electron chi connectivity index (χ3n) is 5.95. The van der Waals surface area contributed by atoms with Crippen LogP contribution < -0.4 is 4.90 Å². The molecule has 146 valence electrons. The Balaban J connectivity index is 0.00000210. The van der Waals surface area contributed by atoms with E-state index in [1.54, 1.807) is 0 Å². The molecule has 1 aromatic carbocycles. The second-order valence-corrected chi connectivity index (χ2v) is 7.50. The zero-order chi connectivity index (χ0) is 17.9. The number of amides is 2. The van der Waals surface area contributed by atoms with Gasteiger partial charge in [-0.1, -0.05) is 30.4 Å². The van der Waals surface area contributed by atoms with Crippen LogP contribution in [0.4, 0.5) is 5.69 Å². The van der Waals surface area contributed by atoms with Crippen LogP contribution in [0, 0.1) is 11.8 Å². The van der Waals surface area contributed by atoms with E-state index in [1.807, 2.05) is 18.2 Å². The highest BCUT2D eigenvalue weighted by atomic mass is 35.5. The van der Waals surface area contributed by atoms with Gasteiger partial charge in [-0.15, -0.1) is 12.4 Å². The van der Waals surface area contributed by atoms with E-state index in [-0.39, 0.29) is 36.1 Å². The third-order valence-corrected chi connectivity index (χ3v) is 5.95. The van der Waals surface area contributed by atoms with Crippen molar-refractivity contribution >= 4 is 29.9 Å². The summed E-state index contributed by atoms with van der Waals surface area (Å²) in [6.07, 6.45) is 6.42. The molecular formula is C21H28ClN3O2. The minimum Gasteiger partial charge on any atom is -0.369 e. The first kappa shape index (κ1) is 19.9. The molecule has 2 unspecified atom stereocenters. The van der Waals surface area contributed by atoms with Crippen molar-refractivity contribution in [1.29, 1.82) is 0 Å². The number of piperazine rings is 1. The maximum Gasteiger partial charge on any atom is 0.233 e. The SMILES string of the molecule is Cl.O=C1C2CC=CCC2C(=O)N1CCCN1CCN(c2ccccc2)CC1. The van der Waals surface area contributed by atoms with Gasteiger partial charge in [-0.3, -0.25) is 19.4 Å². The second-order valence-electron chi connectivity index (χ2n) is 7.50. The molecule has 1 aliphatic carbocycles. The number of anilines is 1. The van der Waals surface area contributed by atoms with E-state index in [2.05, 4.69) is 34.1 Å². The van der Waals surface area contributed by atoms with E-state index in [1.165, 1.54) is 10.6 Å². The Labute approximate surface area is 167 Å². The first-order chi connectivity index (χ1) is 12.7. The van der Waals surface area contributed by atoms with Gasteiger partial charge in [0.15, 0.2) is 0 Å². The number of fused-ring (bicyclic) bond motifs is 1. The number of likely N-dealkylation sites (tertiary alicyclic amines) is 1. The van der Waals surface area contributed by atoms with E-state index in [9.17, 15) is 9.59 Å². The lowest BCUT2D eigenvalue weighted by atomic mass is 9.85. The second kappa shape index (κ2) is 8.89. The van der Waals surface area contributed by atoms with Crippen molar-refractivity contribution in [3.05, 3.63) is 42.5 Å². The number of nitrogens with zero attached hydrogens (tertiary/aromatic N) is 3. The van der Waals surface area contributed by atoms with Gasteiger partial charge in [-0.05, 0) is 37.9 Å². The van der Waals surface area contributed by atoms with Crippen LogP contribution in [0.25, 0.3) is 0 Å². The molecule has 2 aliphatic heterocycles. The molecular weight excluding hydrogens is 362 g/mol. The standard InChI is InChI=1S/C21H27N3O2.ClH/c25-20-18-9-4-5-10-19(18)21(26)24(20)12-6-11-22-13-15-23(16-14-22)17-7-2-1-3-8-17;/h1-5,7-8,18-19H,6,9-16H2;1H. The molecule has 5 nitrogen and oxygen atoms in total. The fraction of sp³-hybridized carbons (Fsp3) is 0.524. The summed E-state index contributed by atoms with van der Waals surface area (Å²) in [5, 5.41) is 0. The van der Waals surface area contributed by atoms with Crippen molar-refractivity contribution < 1.29 is 9.59 Å². The average Bonchev–Trinajstić information content (AvgIpc) is 2.94. The molecule has 2 amide bonds. The first-order valence-corrected chi connectivity index (χ1v) is 9.76. The van der Waals surface area contributed by atoms with E-state index >= 15 is 0 Å². The maximum absolute atomic E-state index is 12.5. The maximum atomic E-state index is 12.5. The van der Waals surface area contributed by atoms with Crippen molar-refractivity contribution in [2.75, 3.05) is 44.2 Å². The molecule has 0 saturated carbocycles. The van der Waals surface area contributed by atoms with Crippen LogP contribution in [0.15, 0.2) is 42.5 Å². The molecule has 2 saturated heterocycles. The minimum absolute atomic E-state index is 0. The molecule has 0 aromatic heterocycles. The van der Waals surface area contributed by atoms with Crippen LogP contribution in [-0.2, 0) is 9.59 Å². The molecule has 0 bridgehead atoms. The lowest BCUT2D eigenvalue weighted by Crippen LogP contribution is -2.47. The Bertz CT molecular complexity index is 660. The summed E-state index contributed by atoms with van der Waals surface area (Å²) in [6, 6.07) is 10.5. The predicted octanol–water partition coefficient (Wildman–Crippen LogP) is 2.57. The van der Waals surface area contributed by atoms with Gasteiger partial charge in [0.1, 0.15) is 0 Å². The number of hydrogen-bond acceptors (Lipinski definition) is 4. The Morgan fingerprint density at radius 2 is 1.41 bits per heavy atom. The quantitative estimate of drug-likeness (QED) is 0.573. The fourth-order valence-corrected chi connectivity index (χ4v) is 4.41. The highest BCUT2D eigenvalue weighted by Gasteiger charge is 2.46. The number of imide groups is 1. The number of benzene rings is 1. The number of carbonyl (C=O) groups excluding carboxylic acids is 2. The third kappa shape index (κ3) is 4.19. The fourth-order valence-electron chi connectivity index (χ4n) is 4.41. The van der Waals surface area contributed by atoms with E-state index in [0.29, 0.717) is 6.54 Å². The lowest BCUT2D eigenvalue weighted by molar-refractivity contribution is -0.140. The number of para-hydroxylation sites is 1. The van der Waals surface area contributed by atoms with Crippen molar-refractivity contribution in [2.24, 2.45) is 11.8 Å². The molecule has 1 aromatic rings. The van der Waals surface area contributed by atoms with Crippen molar-refractivity contribution in [2.45, 2.75) is 19.3 Å². The summed E-state index contributed by atoms with van der Waals surface area (Å²) in [6.45, 7) is 5.65. The van der Waals surface area contributed by atoms with Gasteiger partial charge < -0.3 is 4.90 Å². The molecule has 3 aliphatic rings. The monoisotopic (exact) mass is 389 g/mol. The van der Waals surface area contributed by atoms with Gasteiger partial charge in [-0.25, -0.2) is 0 Å². The first-order valence-electron chi connectivity index (χ1n) is 9.76. The van der Waals surface area contributed by atoms with Crippen LogP contribution in [0.3, 0.4) is 0 Å². The lowest BCUT2D eigenvalue weighted by Gasteiger charge is -2.36. The van der Waals surface area contributed by atoms with Crippen LogP contribution in [0.2, 0.25) is 0 Å². The smallest absolute Gasteiger partial charge is 0.233 e. The topological polar surface area (TPSA) is 43.9 Å². The minimum atomic E-state index is -0.0954. The Kier molecular flexibility index (Phi) is 6.55. The summed E-state index contributed by atoms with van der Waals surface area (Å²) in [7, 11) is 0. The van der Waals surface area contributed by atoms with E-state index in [0.717, 1.165) is 52.0 Å². The van der Waals surface area contributed by atoms with Crippen LogP contribution in [0.5, 0.6) is 0 Å². The van der Waals surface area contributed by atoms with Gasteiger partial charge in [0.2, 0.25) is 11.8 Å². The van der Waals surface area contributed by atoms with Crippen molar-refractivity contribution in [3.63, 3.8) is 0 Å². The number of hydrogen-bond donors (Lipinski definition) is 0. The largest absolute Gasteiger partial charge is 0.369 e. The molecule has 27 heavy (non-hydrogen) atoms. The summed E-state index contributed by atoms with van der Waals surface area (Å²) < 4.78 is 0. The highest BCUT2D eigenvalue weighted by molar-refractivity contribution is 6.05.